The van der Waals surface area contributed by atoms with Crippen molar-refractivity contribution in [3.8, 4) is 0 Å². The summed E-state index contributed by atoms with van der Waals surface area (Å²) in [6, 6.07) is 3.22. The maximum absolute atomic E-state index is 11.8. The summed E-state index contributed by atoms with van der Waals surface area (Å²) < 4.78 is 0. The molecule has 20 heavy (non-hydrogen) atoms. The molecule has 0 spiro atoms. The van der Waals surface area contributed by atoms with E-state index in [9.17, 15) is 9.90 Å². The number of aromatic nitrogens is 1. The first-order valence-corrected chi connectivity index (χ1v) is 7.14. The predicted octanol–water partition coefficient (Wildman–Crippen LogP) is 2.48. The first kappa shape index (κ1) is 14.5. The van der Waals surface area contributed by atoms with Gasteiger partial charge in [0.05, 0.1) is 6.54 Å². The number of nitrogens with zero attached hydrogens (tertiary/aromatic N) is 1. The third-order valence-corrected chi connectivity index (χ3v) is 3.69. The summed E-state index contributed by atoms with van der Waals surface area (Å²) >= 11 is 1.51. The van der Waals surface area contributed by atoms with Gasteiger partial charge in [0, 0.05) is 18.1 Å². The zero-order valence-corrected chi connectivity index (χ0v) is 12.2. The Kier molecular flexibility index (Phi) is 4.36. The molecule has 2 aromatic rings. The van der Waals surface area contributed by atoms with Crippen LogP contribution >= 0.6 is 11.3 Å². The Balaban J connectivity index is 1.91. The van der Waals surface area contributed by atoms with E-state index in [1.807, 2.05) is 23.8 Å². The monoisotopic (exact) mass is 291 g/mol. The van der Waals surface area contributed by atoms with Crippen molar-refractivity contribution in [3.05, 3.63) is 46.4 Å². The standard InChI is InChI=1S/C14H17N3O2S/c1-10-7-15-5-3-12(10)17-13(18)16-9-14(2,19)11-4-6-20-8-11/h3-8,19H,9H2,1-2H3,(H2,15,16,17,18). The lowest BCUT2D eigenvalue weighted by atomic mass is 9.99. The molecule has 3 N–H and O–H groups in total. The molecule has 0 saturated heterocycles. The van der Waals surface area contributed by atoms with Crippen molar-refractivity contribution in [3.63, 3.8) is 0 Å². The van der Waals surface area contributed by atoms with E-state index in [4.69, 9.17) is 0 Å². The number of aryl methyl sites for hydroxylation is 1. The fourth-order valence-corrected chi connectivity index (χ4v) is 2.49. The van der Waals surface area contributed by atoms with Gasteiger partial charge in [0.1, 0.15) is 5.60 Å². The van der Waals surface area contributed by atoms with Crippen LogP contribution in [0.25, 0.3) is 0 Å². The molecule has 6 heteroatoms. The first-order valence-electron chi connectivity index (χ1n) is 6.19. The summed E-state index contributed by atoms with van der Waals surface area (Å²) in [5.74, 6) is 0. The molecular formula is C14H17N3O2S. The highest BCUT2D eigenvalue weighted by Gasteiger charge is 2.24. The Hall–Kier alpha value is -1.92. The van der Waals surface area contributed by atoms with Crippen LogP contribution in [-0.2, 0) is 5.60 Å². The Morgan fingerprint density at radius 1 is 1.50 bits per heavy atom. The predicted molar refractivity (Wildman–Crippen MR) is 79.9 cm³/mol. The largest absolute Gasteiger partial charge is 0.384 e. The zero-order valence-electron chi connectivity index (χ0n) is 11.4. The van der Waals surface area contributed by atoms with Crippen LogP contribution in [0.5, 0.6) is 0 Å². The van der Waals surface area contributed by atoms with Gasteiger partial charge in [-0.3, -0.25) is 4.98 Å². The molecule has 0 radical (unpaired) electrons. The van der Waals surface area contributed by atoms with E-state index in [1.54, 1.807) is 25.4 Å². The number of rotatable bonds is 4. The molecule has 106 valence electrons. The Labute approximate surface area is 121 Å². The van der Waals surface area contributed by atoms with Crippen LogP contribution in [0.3, 0.4) is 0 Å². The van der Waals surface area contributed by atoms with Gasteiger partial charge in [-0.15, -0.1) is 0 Å². The SMILES string of the molecule is Cc1cnccc1NC(=O)NCC(C)(O)c1ccsc1. The summed E-state index contributed by atoms with van der Waals surface area (Å²) in [4.78, 5) is 15.8. The summed E-state index contributed by atoms with van der Waals surface area (Å²) in [7, 11) is 0. The zero-order chi connectivity index (χ0) is 14.6. The highest BCUT2D eigenvalue weighted by molar-refractivity contribution is 7.08. The summed E-state index contributed by atoms with van der Waals surface area (Å²) in [5, 5.41) is 19.5. The summed E-state index contributed by atoms with van der Waals surface area (Å²) in [5.41, 5.74) is 1.30. The molecule has 2 heterocycles. The number of hydrogen-bond acceptors (Lipinski definition) is 4. The van der Waals surface area contributed by atoms with E-state index < -0.39 is 5.60 Å². The summed E-state index contributed by atoms with van der Waals surface area (Å²) in [6.45, 7) is 3.68. The van der Waals surface area contributed by atoms with Crippen molar-refractivity contribution in [1.29, 1.82) is 0 Å². The first-order chi connectivity index (χ1) is 9.49. The van der Waals surface area contributed by atoms with Crippen molar-refractivity contribution >= 4 is 23.1 Å². The van der Waals surface area contributed by atoms with Crippen LogP contribution in [-0.4, -0.2) is 22.7 Å². The molecule has 0 bridgehead atoms. The fourth-order valence-electron chi connectivity index (χ4n) is 1.71. The van der Waals surface area contributed by atoms with Gasteiger partial charge in [0.2, 0.25) is 0 Å². The smallest absolute Gasteiger partial charge is 0.319 e. The molecular weight excluding hydrogens is 274 g/mol. The number of hydrogen-bond donors (Lipinski definition) is 3. The third-order valence-electron chi connectivity index (χ3n) is 3.00. The number of carbonyl (C=O) groups excluding carboxylic acids is 1. The molecule has 5 nitrogen and oxygen atoms in total. The van der Waals surface area contributed by atoms with Crippen LogP contribution in [0.2, 0.25) is 0 Å². The van der Waals surface area contributed by atoms with Crippen LogP contribution in [0, 0.1) is 6.92 Å². The molecule has 0 saturated carbocycles. The quantitative estimate of drug-likeness (QED) is 0.810. The number of thiophene rings is 1. The van der Waals surface area contributed by atoms with Crippen molar-refractivity contribution in [2.24, 2.45) is 0 Å². The number of carbonyl (C=O) groups is 1. The second-order valence-electron chi connectivity index (χ2n) is 4.78. The van der Waals surface area contributed by atoms with E-state index in [2.05, 4.69) is 15.6 Å². The average molecular weight is 291 g/mol. The number of pyridine rings is 1. The highest BCUT2D eigenvalue weighted by Crippen LogP contribution is 2.22. The van der Waals surface area contributed by atoms with Crippen LogP contribution in [0.1, 0.15) is 18.1 Å². The maximum atomic E-state index is 11.8. The number of aliphatic hydroxyl groups is 1. The van der Waals surface area contributed by atoms with E-state index >= 15 is 0 Å². The Morgan fingerprint density at radius 2 is 2.30 bits per heavy atom. The van der Waals surface area contributed by atoms with E-state index in [0.29, 0.717) is 5.69 Å². The van der Waals surface area contributed by atoms with Crippen molar-refractivity contribution < 1.29 is 9.90 Å². The van der Waals surface area contributed by atoms with E-state index in [0.717, 1.165) is 11.1 Å². The Bertz CT molecular complexity index is 582. The molecule has 0 aliphatic rings. The van der Waals surface area contributed by atoms with Crippen molar-refractivity contribution in [2.45, 2.75) is 19.4 Å². The van der Waals surface area contributed by atoms with Gasteiger partial charge >= 0.3 is 6.03 Å². The molecule has 2 amide bonds. The number of amides is 2. The summed E-state index contributed by atoms with van der Waals surface area (Å²) in [6.07, 6.45) is 3.29. The maximum Gasteiger partial charge on any atom is 0.319 e. The molecule has 0 aromatic carbocycles. The van der Waals surface area contributed by atoms with Crippen molar-refractivity contribution in [2.75, 3.05) is 11.9 Å². The number of urea groups is 1. The van der Waals surface area contributed by atoms with Gasteiger partial charge < -0.3 is 15.7 Å². The fraction of sp³-hybridized carbons (Fsp3) is 0.286. The molecule has 0 fully saturated rings. The van der Waals surface area contributed by atoms with Crippen LogP contribution in [0.15, 0.2) is 35.3 Å². The molecule has 1 atom stereocenters. The molecule has 0 aliphatic carbocycles. The van der Waals surface area contributed by atoms with Crippen LogP contribution in [0.4, 0.5) is 10.5 Å². The second-order valence-corrected chi connectivity index (χ2v) is 5.56. The van der Waals surface area contributed by atoms with Crippen molar-refractivity contribution in [1.82, 2.24) is 10.3 Å². The lowest BCUT2D eigenvalue weighted by Crippen LogP contribution is -2.40. The number of nitrogens with one attached hydrogen (secondary N) is 2. The third kappa shape index (κ3) is 3.55. The topological polar surface area (TPSA) is 74.2 Å². The molecule has 1 unspecified atom stereocenters. The Morgan fingerprint density at radius 3 is 2.95 bits per heavy atom. The highest BCUT2D eigenvalue weighted by atomic mass is 32.1. The van der Waals surface area contributed by atoms with E-state index in [-0.39, 0.29) is 12.6 Å². The number of anilines is 1. The minimum Gasteiger partial charge on any atom is -0.384 e. The molecule has 2 rings (SSSR count). The van der Waals surface area contributed by atoms with Gasteiger partial charge in [-0.2, -0.15) is 11.3 Å². The molecule has 2 aromatic heterocycles. The van der Waals surface area contributed by atoms with Gasteiger partial charge in [0.15, 0.2) is 0 Å². The minimum atomic E-state index is -1.08. The van der Waals surface area contributed by atoms with Crippen LogP contribution < -0.4 is 10.6 Å². The van der Waals surface area contributed by atoms with Gasteiger partial charge in [-0.1, -0.05) is 0 Å². The second kappa shape index (κ2) is 6.02. The van der Waals surface area contributed by atoms with Gasteiger partial charge in [-0.25, -0.2) is 4.79 Å². The lowest BCUT2D eigenvalue weighted by molar-refractivity contribution is 0.0604. The van der Waals surface area contributed by atoms with Gasteiger partial charge in [-0.05, 0) is 47.9 Å². The van der Waals surface area contributed by atoms with Gasteiger partial charge in [0.25, 0.3) is 0 Å². The average Bonchev–Trinajstić information content (AvgIpc) is 2.94. The van der Waals surface area contributed by atoms with E-state index in [1.165, 1.54) is 11.3 Å². The lowest BCUT2D eigenvalue weighted by Gasteiger charge is -2.23. The normalized spacial score (nSPS) is 13.6. The minimum absolute atomic E-state index is 0.139. The molecule has 0 aliphatic heterocycles.